The third-order valence-electron chi connectivity index (χ3n) is 4.79. The SMILES string of the molecule is Cc1cccc(-c2c(O)c3ccccc3c3nc4ccccc4nc23)c1. The second kappa shape index (κ2) is 5.53. The van der Waals surface area contributed by atoms with Gasteiger partial charge < -0.3 is 5.11 Å². The highest BCUT2D eigenvalue weighted by Crippen LogP contribution is 2.42. The number of aryl methyl sites for hydroxylation is 1. The maximum Gasteiger partial charge on any atom is 0.133 e. The maximum atomic E-state index is 11.1. The Bertz CT molecular complexity index is 1310. The number of fused-ring (bicyclic) bond motifs is 4. The van der Waals surface area contributed by atoms with Crippen LogP contribution in [0.15, 0.2) is 72.8 Å². The van der Waals surface area contributed by atoms with Crippen molar-refractivity contribution in [2.75, 3.05) is 0 Å². The summed E-state index contributed by atoms with van der Waals surface area (Å²) in [5.41, 5.74) is 6.04. The molecule has 0 aliphatic heterocycles. The molecule has 5 rings (SSSR count). The lowest BCUT2D eigenvalue weighted by Crippen LogP contribution is -1.93. The zero-order valence-corrected chi connectivity index (χ0v) is 14.3. The Morgan fingerprint density at radius 1 is 0.692 bits per heavy atom. The summed E-state index contributed by atoms with van der Waals surface area (Å²) in [4.78, 5) is 9.75. The summed E-state index contributed by atoms with van der Waals surface area (Å²) >= 11 is 0. The normalized spacial score (nSPS) is 11.4. The summed E-state index contributed by atoms with van der Waals surface area (Å²) < 4.78 is 0. The van der Waals surface area contributed by atoms with Gasteiger partial charge in [-0.3, -0.25) is 0 Å². The number of aromatic nitrogens is 2. The Hall–Kier alpha value is -3.46. The Morgan fingerprint density at radius 2 is 1.35 bits per heavy atom. The highest BCUT2D eigenvalue weighted by molar-refractivity contribution is 6.15. The van der Waals surface area contributed by atoms with Crippen molar-refractivity contribution in [2.24, 2.45) is 0 Å². The van der Waals surface area contributed by atoms with Gasteiger partial charge in [0.05, 0.1) is 22.1 Å². The van der Waals surface area contributed by atoms with Crippen LogP contribution in [0.2, 0.25) is 0 Å². The van der Waals surface area contributed by atoms with Crippen molar-refractivity contribution >= 4 is 32.8 Å². The largest absolute Gasteiger partial charge is 0.507 e. The lowest BCUT2D eigenvalue weighted by atomic mass is 9.96. The molecule has 26 heavy (non-hydrogen) atoms. The first kappa shape index (κ1) is 14.8. The Balaban J connectivity index is 2.04. The van der Waals surface area contributed by atoms with Crippen LogP contribution in [0.1, 0.15) is 5.56 Å². The summed E-state index contributed by atoms with van der Waals surface area (Å²) in [6.07, 6.45) is 0. The monoisotopic (exact) mass is 336 g/mol. The van der Waals surface area contributed by atoms with E-state index in [0.717, 1.165) is 49.5 Å². The molecule has 0 saturated carbocycles. The fourth-order valence-corrected chi connectivity index (χ4v) is 3.58. The molecule has 0 saturated heterocycles. The third kappa shape index (κ3) is 2.14. The van der Waals surface area contributed by atoms with Crippen LogP contribution in [0.25, 0.3) is 44.0 Å². The molecule has 0 bridgehead atoms. The summed E-state index contributed by atoms with van der Waals surface area (Å²) in [7, 11) is 0. The number of phenolic OH excluding ortho intramolecular Hbond substituents is 1. The van der Waals surface area contributed by atoms with Crippen molar-refractivity contribution in [3.05, 3.63) is 78.4 Å². The average molecular weight is 336 g/mol. The molecule has 0 fully saturated rings. The highest BCUT2D eigenvalue weighted by atomic mass is 16.3. The van der Waals surface area contributed by atoms with Gasteiger partial charge in [-0.2, -0.15) is 0 Å². The second-order valence-corrected chi connectivity index (χ2v) is 6.55. The van der Waals surface area contributed by atoms with Gasteiger partial charge in [0, 0.05) is 10.8 Å². The summed E-state index contributed by atoms with van der Waals surface area (Å²) in [6, 6.07) is 23.8. The van der Waals surface area contributed by atoms with E-state index in [-0.39, 0.29) is 5.75 Å². The number of para-hydroxylation sites is 2. The third-order valence-corrected chi connectivity index (χ3v) is 4.79. The number of phenols is 1. The van der Waals surface area contributed by atoms with E-state index in [2.05, 4.69) is 6.07 Å². The zero-order valence-electron chi connectivity index (χ0n) is 14.3. The highest BCUT2D eigenvalue weighted by Gasteiger charge is 2.18. The minimum atomic E-state index is 0.253. The van der Waals surface area contributed by atoms with Crippen LogP contribution < -0.4 is 0 Å². The fourth-order valence-electron chi connectivity index (χ4n) is 3.58. The van der Waals surface area contributed by atoms with Crippen LogP contribution in [-0.4, -0.2) is 15.1 Å². The van der Waals surface area contributed by atoms with Crippen molar-refractivity contribution in [1.29, 1.82) is 0 Å². The minimum Gasteiger partial charge on any atom is -0.507 e. The van der Waals surface area contributed by atoms with Gasteiger partial charge in [-0.15, -0.1) is 0 Å². The van der Waals surface area contributed by atoms with Gasteiger partial charge >= 0.3 is 0 Å². The van der Waals surface area contributed by atoms with Gasteiger partial charge in [-0.25, -0.2) is 9.97 Å². The van der Waals surface area contributed by atoms with Crippen molar-refractivity contribution in [3.63, 3.8) is 0 Å². The topological polar surface area (TPSA) is 46.0 Å². The number of benzene rings is 4. The summed E-state index contributed by atoms with van der Waals surface area (Å²) in [6.45, 7) is 2.05. The molecule has 0 spiro atoms. The van der Waals surface area contributed by atoms with E-state index >= 15 is 0 Å². The van der Waals surface area contributed by atoms with E-state index in [1.54, 1.807) is 0 Å². The van der Waals surface area contributed by atoms with Gasteiger partial charge in [0.2, 0.25) is 0 Å². The lowest BCUT2D eigenvalue weighted by molar-refractivity contribution is 0.484. The number of nitrogens with zero attached hydrogens (tertiary/aromatic N) is 2. The number of rotatable bonds is 1. The summed E-state index contributed by atoms with van der Waals surface area (Å²) in [5.74, 6) is 0.253. The van der Waals surface area contributed by atoms with Gasteiger partial charge in [0.15, 0.2) is 0 Å². The van der Waals surface area contributed by atoms with Crippen molar-refractivity contribution in [1.82, 2.24) is 9.97 Å². The van der Waals surface area contributed by atoms with Crippen LogP contribution >= 0.6 is 0 Å². The van der Waals surface area contributed by atoms with Crippen LogP contribution in [0, 0.1) is 6.92 Å². The van der Waals surface area contributed by atoms with Crippen molar-refractivity contribution in [3.8, 4) is 16.9 Å². The molecule has 124 valence electrons. The molecular formula is C23H16N2O. The molecule has 3 heteroatoms. The predicted octanol–water partition coefficient (Wildman–Crippen LogP) is 5.62. The van der Waals surface area contributed by atoms with E-state index in [1.807, 2.05) is 73.7 Å². The zero-order chi connectivity index (χ0) is 17.7. The molecule has 0 radical (unpaired) electrons. The first-order chi connectivity index (χ1) is 12.7. The molecule has 1 N–H and O–H groups in total. The molecule has 3 nitrogen and oxygen atoms in total. The smallest absolute Gasteiger partial charge is 0.133 e. The molecule has 0 aliphatic rings. The Morgan fingerprint density at radius 3 is 2.08 bits per heavy atom. The fraction of sp³-hybridized carbons (Fsp3) is 0.0435. The van der Waals surface area contributed by atoms with E-state index in [1.165, 1.54) is 0 Å². The van der Waals surface area contributed by atoms with E-state index in [9.17, 15) is 5.11 Å². The first-order valence-corrected chi connectivity index (χ1v) is 8.59. The number of aromatic hydroxyl groups is 1. The summed E-state index contributed by atoms with van der Waals surface area (Å²) in [5, 5.41) is 12.8. The molecule has 1 heterocycles. The van der Waals surface area contributed by atoms with Gasteiger partial charge in [0.25, 0.3) is 0 Å². The van der Waals surface area contributed by atoms with Crippen LogP contribution in [-0.2, 0) is 0 Å². The Kier molecular flexibility index (Phi) is 3.16. The standard InChI is InChI=1S/C23H16N2O/c1-14-7-6-8-15(13-14)20-22-21(16-9-2-3-10-17(16)23(20)26)24-18-11-4-5-12-19(18)25-22/h2-13,26H,1H3. The Labute approximate surface area is 150 Å². The van der Waals surface area contributed by atoms with E-state index < -0.39 is 0 Å². The molecule has 1 aromatic heterocycles. The lowest BCUT2D eigenvalue weighted by Gasteiger charge is -2.14. The average Bonchev–Trinajstić information content (AvgIpc) is 2.67. The van der Waals surface area contributed by atoms with Crippen LogP contribution in [0.5, 0.6) is 5.75 Å². The molecule has 0 amide bonds. The molecule has 0 unspecified atom stereocenters. The van der Waals surface area contributed by atoms with E-state index in [4.69, 9.17) is 9.97 Å². The van der Waals surface area contributed by atoms with Gasteiger partial charge in [0.1, 0.15) is 11.3 Å². The molecule has 0 aliphatic carbocycles. The first-order valence-electron chi connectivity index (χ1n) is 8.59. The van der Waals surface area contributed by atoms with Crippen molar-refractivity contribution in [2.45, 2.75) is 6.92 Å². The molecule has 4 aromatic carbocycles. The number of hydrogen-bond acceptors (Lipinski definition) is 3. The second-order valence-electron chi connectivity index (χ2n) is 6.55. The van der Waals surface area contributed by atoms with E-state index in [0.29, 0.717) is 0 Å². The van der Waals surface area contributed by atoms with Crippen LogP contribution in [0.4, 0.5) is 0 Å². The molecular weight excluding hydrogens is 320 g/mol. The quantitative estimate of drug-likeness (QED) is 0.319. The maximum absolute atomic E-state index is 11.1. The number of hydrogen-bond donors (Lipinski definition) is 1. The van der Waals surface area contributed by atoms with Crippen LogP contribution in [0.3, 0.4) is 0 Å². The van der Waals surface area contributed by atoms with Crippen molar-refractivity contribution < 1.29 is 5.11 Å². The minimum absolute atomic E-state index is 0.253. The predicted molar refractivity (Wildman–Crippen MR) is 106 cm³/mol. The van der Waals surface area contributed by atoms with Gasteiger partial charge in [-0.05, 0) is 24.6 Å². The van der Waals surface area contributed by atoms with Gasteiger partial charge in [-0.1, -0.05) is 66.2 Å². The molecule has 0 atom stereocenters. The molecule has 5 aromatic rings.